The van der Waals surface area contributed by atoms with Gasteiger partial charge in [0.25, 0.3) is 17.7 Å². The van der Waals surface area contributed by atoms with Gasteiger partial charge in [-0.25, -0.2) is 9.91 Å². The molecule has 11 heteroatoms. The monoisotopic (exact) mass is 632 g/mol. The maximum atomic E-state index is 14.2. The summed E-state index contributed by atoms with van der Waals surface area (Å²) >= 11 is 0. The largest absolute Gasteiger partial charge is 0.494 e. The summed E-state index contributed by atoms with van der Waals surface area (Å²) in [7, 11) is 0. The average Bonchev–Trinajstić information content (AvgIpc) is 3.76. The molecular formula is C36H36N6O5. The van der Waals surface area contributed by atoms with Crippen molar-refractivity contribution in [2.45, 2.75) is 51.2 Å². The van der Waals surface area contributed by atoms with Gasteiger partial charge in [0.2, 0.25) is 0 Å². The minimum atomic E-state index is -0.992. The number of carbonyl (C=O) groups excluding carboxylic acids is 3. The molecule has 3 aliphatic heterocycles. The van der Waals surface area contributed by atoms with E-state index in [9.17, 15) is 14.4 Å². The summed E-state index contributed by atoms with van der Waals surface area (Å²) < 4.78 is 11.3. The molecule has 3 amide bonds. The first-order chi connectivity index (χ1) is 23.0. The number of hydrogen-bond acceptors (Lipinski definition) is 9. The molecule has 1 aliphatic carbocycles. The molecule has 4 aliphatic rings. The number of hydrazone groups is 1. The molecule has 0 N–H and O–H groups in total. The smallest absolute Gasteiger partial charge is 0.264 e. The number of rotatable bonds is 9. The second-order valence-corrected chi connectivity index (χ2v) is 11.9. The summed E-state index contributed by atoms with van der Waals surface area (Å²) in [6.45, 7) is 4.80. The Morgan fingerprint density at radius 1 is 0.872 bits per heavy atom. The second kappa shape index (κ2) is 12.8. The minimum absolute atomic E-state index is 0.0178. The number of fused-ring (bicyclic) bond motifs is 2. The molecule has 240 valence electrons. The van der Waals surface area contributed by atoms with Crippen LogP contribution in [0.4, 0.5) is 5.69 Å². The molecular weight excluding hydrogens is 596 g/mol. The standard InChI is InChI=1S/C36H36N6O5/c1-3-46-27-17-13-23(14-18-27)21-25-9-8-12-29-31(25)38-42(33(29)24-15-19-28(20-16-24)47-4-2)30(43)22-40-34-32(37-39-40)35(44)41(36(34)45)26-10-6-5-7-11-26/h5-7,10-11,13-21,29,32-34H,3-4,8-9,12,22H2,1-2H3. The van der Waals surface area contributed by atoms with E-state index in [0.29, 0.717) is 18.9 Å². The van der Waals surface area contributed by atoms with Crippen LogP contribution in [0.1, 0.15) is 50.3 Å². The van der Waals surface area contributed by atoms with Gasteiger partial charge in [0.15, 0.2) is 12.1 Å². The lowest BCUT2D eigenvalue weighted by Crippen LogP contribution is -2.45. The zero-order valence-corrected chi connectivity index (χ0v) is 26.4. The predicted molar refractivity (Wildman–Crippen MR) is 176 cm³/mol. The van der Waals surface area contributed by atoms with Gasteiger partial charge in [-0.15, -0.1) is 0 Å². The number of nitrogens with zero attached hydrogens (tertiary/aromatic N) is 6. The summed E-state index contributed by atoms with van der Waals surface area (Å²) in [4.78, 5) is 42.0. The first-order valence-electron chi connectivity index (χ1n) is 16.1. The van der Waals surface area contributed by atoms with Gasteiger partial charge in [-0.1, -0.05) is 47.7 Å². The van der Waals surface area contributed by atoms with Crippen LogP contribution in [0.15, 0.2) is 99.9 Å². The molecule has 7 rings (SSSR count). The molecule has 1 saturated carbocycles. The molecule has 11 nitrogen and oxygen atoms in total. The van der Waals surface area contributed by atoms with Gasteiger partial charge in [0.05, 0.1) is 30.7 Å². The van der Waals surface area contributed by atoms with Crippen LogP contribution in [0.2, 0.25) is 0 Å². The van der Waals surface area contributed by atoms with Crippen molar-refractivity contribution in [1.82, 2.24) is 10.0 Å². The van der Waals surface area contributed by atoms with Crippen molar-refractivity contribution in [3.05, 3.63) is 95.6 Å². The van der Waals surface area contributed by atoms with Crippen LogP contribution in [0.25, 0.3) is 6.08 Å². The van der Waals surface area contributed by atoms with Gasteiger partial charge in [-0.05, 0) is 92.3 Å². The highest BCUT2D eigenvalue weighted by atomic mass is 16.5. The Morgan fingerprint density at radius 2 is 1.55 bits per heavy atom. The summed E-state index contributed by atoms with van der Waals surface area (Å²) in [6, 6.07) is 22.2. The van der Waals surface area contributed by atoms with E-state index in [2.05, 4.69) is 16.4 Å². The van der Waals surface area contributed by atoms with E-state index in [0.717, 1.165) is 58.1 Å². The van der Waals surface area contributed by atoms with E-state index in [1.54, 1.807) is 29.3 Å². The van der Waals surface area contributed by atoms with Crippen LogP contribution in [0.3, 0.4) is 0 Å². The Hall–Kier alpha value is -5.32. The van der Waals surface area contributed by atoms with Crippen molar-refractivity contribution in [2.75, 3.05) is 24.7 Å². The first kappa shape index (κ1) is 30.3. The fourth-order valence-electron chi connectivity index (χ4n) is 6.89. The molecule has 4 unspecified atom stereocenters. The number of anilines is 1. The van der Waals surface area contributed by atoms with Crippen molar-refractivity contribution in [3.8, 4) is 11.5 Å². The number of hydrogen-bond donors (Lipinski definition) is 0. The maximum Gasteiger partial charge on any atom is 0.264 e. The fraction of sp³-hybridized carbons (Fsp3) is 0.333. The Bertz CT molecular complexity index is 1750. The fourth-order valence-corrected chi connectivity index (χ4v) is 6.89. The highest BCUT2D eigenvalue weighted by Gasteiger charge is 2.55. The van der Waals surface area contributed by atoms with Gasteiger partial charge in [-0.2, -0.15) is 10.2 Å². The predicted octanol–water partition coefficient (Wildman–Crippen LogP) is 5.60. The zero-order chi connectivity index (χ0) is 32.5. The number of amides is 3. The van der Waals surface area contributed by atoms with E-state index in [1.807, 2.05) is 68.4 Å². The Kier molecular flexibility index (Phi) is 8.28. The van der Waals surface area contributed by atoms with E-state index in [-0.39, 0.29) is 24.4 Å². The Morgan fingerprint density at radius 3 is 2.23 bits per heavy atom. The van der Waals surface area contributed by atoms with Crippen LogP contribution in [0.5, 0.6) is 11.5 Å². The Labute approximate surface area is 273 Å². The summed E-state index contributed by atoms with van der Waals surface area (Å²) in [6.07, 6.45) is 4.81. The normalized spacial score (nSPS) is 24.1. The summed E-state index contributed by atoms with van der Waals surface area (Å²) in [5.41, 5.74) is 4.42. The second-order valence-electron chi connectivity index (χ2n) is 11.9. The third kappa shape index (κ3) is 5.66. The van der Waals surface area contributed by atoms with Crippen LogP contribution >= 0.6 is 0 Å². The van der Waals surface area contributed by atoms with Gasteiger partial charge in [0, 0.05) is 5.92 Å². The lowest BCUT2D eigenvalue weighted by atomic mass is 9.77. The summed E-state index contributed by atoms with van der Waals surface area (Å²) in [5.74, 6) is 0.323. The minimum Gasteiger partial charge on any atom is -0.494 e. The lowest BCUT2D eigenvalue weighted by Gasteiger charge is -2.30. The van der Waals surface area contributed by atoms with Crippen LogP contribution in [-0.2, 0) is 14.4 Å². The van der Waals surface area contributed by atoms with Gasteiger partial charge in [-0.3, -0.25) is 19.4 Å². The van der Waals surface area contributed by atoms with Crippen molar-refractivity contribution in [3.63, 3.8) is 0 Å². The van der Waals surface area contributed by atoms with E-state index in [4.69, 9.17) is 14.6 Å². The summed E-state index contributed by atoms with van der Waals surface area (Å²) in [5, 5.41) is 16.1. The van der Waals surface area contributed by atoms with E-state index >= 15 is 0 Å². The van der Waals surface area contributed by atoms with E-state index < -0.39 is 23.9 Å². The third-order valence-electron chi connectivity index (χ3n) is 8.99. The molecule has 0 bridgehead atoms. The quantitative estimate of drug-likeness (QED) is 0.284. The molecule has 3 heterocycles. The molecule has 47 heavy (non-hydrogen) atoms. The number of benzene rings is 3. The van der Waals surface area contributed by atoms with Crippen molar-refractivity contribution < 1.29 is 23.9 Å². The SMILES string of the molecule is CCOc1ccc(C=C2CCCC3C2=NN(C(=O)CN2N=NC4C(=O)N(c5ccccc5)C(=O)C42)C3c2ccc(OCC)cc2)cc1. The van der Waals surface area contributed by atoms with Gasteiger partial charge < -0.3 is 9.47 Å². The van der Waals surface area contributed by atoms with Crippen LogP contribution < -0.4 is 14.4 Å². The molecule has 2 fully saturated rings. The molecule has 4 atom stereocenters. The van der Waals surface area contributed by atoms with E-state index in [1.165, 1.54) is 5.01 Å². The number of allylic oxidation sites excluding steroid dienone is 1. The highest BCUT2D eigenvalue weighted by molar-refractivity contribution is 6.25. The first-order valence-corrected chi connectivity index (χ1v) is 16.1. The Balaban J connectivity index is 1.18. The van der Waals surface area contributed by atoms with Crippen LogP contribution in [0, 0.1) is 5.92 Å². The average molecular weight is 633 g/mol. The number of para-hydroxylation sites is 1. The number of ether oxygens (including phenoxy) is 2. The van der Waals surface area contributed by atoms with Crippen molar-refractivity contribution in [2.24, 2.45) is 21.4 Å². The third-order valence-corrected chi connectivity index (χ3v) is 8.99. The molecule has 0 radical (unpaired) electrons. The molecule has 3 aromatic rings. The molecule has 3 aromatic carbocycles. The van der Waals surface area contributed by atoms with Gasteiger partial charge >= 0.3 is 0 Å². The van der Waals surface area contributed by atoms with Gasteiger partial charge in [0.1, 0.15) is 18.0 Å². The molecule has 0 spiro atoms. The maximum absolute atomic E-state index is 14.2. The lowest BCUT2D eigenvalue weighted by molar-refractivity contribution is -0.136. The number of imide groups is 1. The van der Waals surface area contributed by atoms with Crippen LogP contribution in [-0.4, -0.2) is 65.3 Å². The molecule has 1 saturated heterocycles. The van der Waals surface area contributed by atoms with Crippen molar-refractivity contribution in [1.29, 1.82) is 0 Å². The topological polar surface area (TPSA) is 116 Å². The molecule has 0 aromatic heterocycles. The van der Waals surface area contributed by atoms with Crippen molar-refractivity contribution >= 4 is 35.2 Å². The highest BCUT2D eigenvalue weighted by Crippen LogP contribution is 2.45. The zero-order valence-electron chi connectivity index (χ0n) is 26.4. The number of carbonyl (C=O) groups is 3.